The molecule has 4 N–H and O–H groups in total. The molecule has 0 bridgehead atoms. The van der Waals surface area contributed by atoms with E-state index in [0.717, 1.165) is 18.8 Å². The summed E-state index contributed by atoms with van der Waals surface area (Å²) in [5.41, 5.74) is 8.18. The molecule has 1 unspecified atom stereocenters. The van der Waals surface area contributed by atoms with Crippen LogP contribution in [0.5, 0.6) is 0 Å². The molecule has 1 aromatic rings. The summed E-state index contributed by atoms with van der Waals surface area (Å²) in [5, 5.41) is 6.19. The number of carbonyl (C=O) groups excluding carboxylic acids is 1. The van der Waals surface area contributed by atoms with Gasteiger partial charge in [-0.15, -0.1) is 0 Å². The van der Waals surface area contributed by atoms with E-state index >= 15 is 0 Å². The van der Waals surface area contributed by atoms with Crippen molar-refractivity contribution in [1.82, 2.24) is 10.2 Å². The predicted molar refractivity (Wildman–Crippen MR) is 87.6 cm³/mol. The largest absolute Gasteiger partial charge is 0.397 e. The third-order valence-corrected chi connectivity index (χ3v) is 4.10. The summed E-state index contributed by atoms with van der Waals surface area (Å²) < 4.78 is 0. The average Bonchev–Trinajstić information content (AvgIpc) is 2.47. The summed E-state index contributed by atoms with van der Waals surface area (Å²) >= 11 is 0. The van der Waals surface area contributed by atoms with Gasteiger partial charge in [0.2, 0.25) is 0 Å². The molecule has 21 heavy (non-hydrogen) atoms. The van der Waals surface area contributed by atoms with E-state index in [1.54, 1.807) is 6.07 Å². The topological polar surface area (TPSA) is 70.4 Å². The number of hydrogen-bond acceptors (Lipinski definition) is 4. The van der Waals surface area contributed by atoms with Crippen molar-refractivity contribution in [2.75, 3.05) is 37.7 Å². The van der Waals surface area contributed by atoms with Gasteiger partial charge in [0.05, 0.1) is 11.4 Å². The maximum Gasteiger partial charge on any atom is 0.251 e. The normalized spacial score (nSPS) is 19.2. The fourth-order valence-corrected chi connectivity index (χ4v) is 2.76. The molecule has 1 heterocycles. The summed E-state index contributed by atoms with van der Waals surface area (Å²) in [6.07, 6.45) is 3.80. The summed E-state index contributed by atoms with van der Waals surface area (Å²) in [6.45, 7) is 4.57. The molecule has 1 aliphatic heterocycles. The van der Waals surface area contributed by atoms with Gasteiger partial charge in [0.1, 0.15) is 0 Å². The van der Waals surface area contributed by atoms with Crippen molar-refractivity contribution < 1.29 is 4.79 Å². The lowest BCUT2D eigenvalue weighted by Crippen LogP contribution is -2.40. The summed E-state index contributed by atoms with van der Waals surface area (Å²) in [5.74, 6) is -0.0808. The molecule has 0 saturated carbocycles. The third kappa shape index (κ3) is 4.11. The van der Waals surface area contributed by atoms with Crippen LogP contribution in [-0.2, 0) is 0 Å². The molecule has 116 valence electrons. The van der Waals surface area contributed by atoms with Crippen molar-refractivity contribution >= 4 is 17.3 Å². The Bertz CT molecular complexity index is 489. The molecule has 0 aliphatic carbocycles. The van der Waals surface area contributed by atoms with Crippen LogP contribution >= 0.6 is 0 Å². The number of nitrogens with two attached hydrogens (primary N) is 1. The van der Waals surface area contributed by atoms with Crippen LogP contribution in [0.3, 0.4) is 0 Å². The Morgan fingerprint density at radius 2 is 2.24 bits per heavy atom. The van der Waals surface area contributed by atoms with Gasteiger partial charge in [0, 0.05) is 24.7 Å². The minimum Gasteiger partial charge on any atom is -0.397 e. The van der Waals surface area contributed by atoms with E-state index < -0.39 is 0 Å². The van der Waals surface area contributed by atoms with Crippen LogP contribution in [0.4, 0.5) is 11.4 Å². The highest BCUT2D eigenvalue weighted by molar-refractivity contribution is 5.96. The van der Waals surface area contributed by atoms with Crippen molar-refractivity contribution in [3.63, 3.8) is 0 Å². The van der Waals surface area contributed by atoms with Gasteiger partial charge in [-0.3, -0.25) is 4.79 Å². The zero-order valence-corrected chi connectivity index (χ0v) is 13.0. The molecule has 1 saturated heterocycles. The van der Waals surface area contributed by atoms with E-state index in [1.807, 2.05) is 19.1 Å². The summed E-state index contributed by atoms with van der Waals surface area (Å²) in [4.78, 5) is 14.2. The molecule has 0 aromatic heterocycles. The minimum atomic E-state index is -0.0808. The van der Waals surface area contributed by atoms with E-state index in [0.29, 0.717) is 23.8 Å². The number of likely N-dealkylation sites (tertiary alicyclic amines) is 1. The van der Waals surface area contributed by atoms with Crippen LogP contribution < -0.4 is 16.4 Å². The van der Waals surface area contributed by atoms with Crippen molar-refractivity contribution in [2.45, 2.75) is 32.2 Å². The summed E-state index contributed by atoms with van der Waals surface area (Å²) in [6, 6.07) is 6.00. The number of hydrogen-bond donors (Lipinski definition) is 3. The first-order valence-electron chi connectivity index (χ1n) is 7.73. The second kappa shape index (κ2) is 7.31. The number of benzene rings is 1. The quantitative estimate of drug-likeness (QED) is 0.725. The molecule has 5 nitrogen and oxygen atoms in total. The minimum absolute atomic E-state index is 0.0808. The van der Waals surface area contributed by atoms with E-state index in [1.165, 1.54) is 19.3 Å². The van der Waals surface area contributed by atoms with E-state index in [2.05, 4.69) is 22.6 Å². The van der Waals surface area contributed by atoms with Crippen LogP contribution in [0.2, 0.25) is 0 Å². The number of anilines is 2. The standard InChI is InChI=1S/C16H26N4O/c1-3-18-16(21)12-7-8-15(14(17)10-12)19-11-13-6-4-5-9-20(13)2/h7-8,10,13,19H,3-6,9,11,17H2,1-2H3,(H,18,21). The number of piperidine rings is 1. The second-order valence-electron chi connectivity index (χ2n) is 5.67. The SMILES string of the molecule is CCNC(=O)c1ccc(NCC2CCCCN2C)c(N)c1. The molecule has 1 fully saturated rings. The van der Waals surface area contributed by atoms with Crippen molar-refractivity contribution in [3.8, 4) is 0 Å². The van der Waals surface area contributed by atoms with Crippen LogP contribution in [0.25, 0.3) is 0 Å². The number of nitrogens with one attached hydrogen (secondary N) is 2. The maximum atomic E-state index is 11.8. The van der Waals surface area contributed by atoms with Crippen LogP contribution in [0.1, 0.15) is 36.5 Å². The fourth-order valence-electron chi connectivity index (χ4n) is 2.76. The lowest BCUT2D eigenvalue weighted by atomic mass is 10.0. The molecule has 5 heteroatoms. The number of likely N-dealkylation sites (N-methyl/N-ethyl adjacent to an activating group) is 1. The van der Waals surface area contributed by atoms with Crippen molar-refractivity contribution in [1.29, 1.82) is 0 Å². The molecular formula is C16H26N4O. The molecule has 0 radical (unpaired) electrons. The van der Waals surface area contributed by atoms with E-state index in [-0.39, 0.29) is 5.91 Å². The fraction of sp³-hybridized carbons (Fsp3) is 0.562. The Labute approximate surface area is 126 Å². The van der Waals surface area contributed by atoms with Crippen LogP contribution in [0, 0.1) is 0 Å². The van der Waals surface area contributed by atoms with Gasteiger partial charge >= 0.3 is 0 Å². The third-order valence-electron chi connectivity index (χ3n) is 4.10. The number of nitrogen functional groups attached to an aromatic ring is 1. The summed E-state index contributed by atoms with van der Waals surface area (Å²) in [7, 11) is 2.17. The highest BCUT2D eigenvalue weighted by Gasteiger charge is 2.18. The first-order valence-corrected chi connectivity index (χ1v) is 7.73. The van der Waals surface area contributed by atoms with E-state index in [4.69, 9.17) is 5.73 Å². The molecule has 1 atom stereocenters. The van der Waals surface area contributed by atoms with Crippen LogP contribution in [-0.4, -0.2) is 43.5 Å². The highest BCUT2D eigenvalue weighted by atomic mass is 16.1. The zero-order valence-electron chi connectivity index (χ0n) is 13.0. The predicted octanol–water partition coefficient (Wildman–Crippen LogP) is 1.91. The lowest BCUT2D eigenvalue weighted by molar-refractivity contribution is 0.0956. The number of rotatable bonds is 5. The Hall–Kier alpha value is -1.75. The molecular weight excluding hydrogens is 264 g/mol. The molecule has 1 aromatic carbocycles. The lowest BCUT2D eigenvalue weighted by Gasteiger charge is -2.32. The number of carbonyl (C=O) groups is 1. The average molecular weight is 290 g/mol. The Kier molecular flexibility index (Phi) is 5.44. The Morgan fingerprint density at radius 1 is 1.43 bits per heavy atom. The van der Waals surface area contributed by atoms with Gasteiger partial charge in [-0.2, -0.15) is 0 Å². The van der Waals surface area contributed by atoms with Gasteiger partial charge in [-0.1, -0.05) is 6.42 Å². The smallest absolute Gasteiger partial charge is 0.251 e. The van der Waals surface area contributed by atoms with Crippen LogP contribution in [0.15, 0.2) is 18.2 Å². The first kappa shape index (κ1) is 15.6. The Balaban J connectivity index is 1.96. The van der Waals surface area contributed by atoms with Gasteiger partial charge in [0.25, 0.3) is 5.91 Å². The molecule has 1 aliphatic rings. The number of amides is 1. The molecule has 2 rings (SSSR count). The molecule has 0 spiro atoms. The van der Waals surface area contributed by atoms with Crippen molar-refractivity contribution in [2.24, 2.45) is 0 Å². The van der Waals surface area contributed by atoms with Crippen molar-refractivity contribution in [3.05, 3.63) is 23.8 Å². The molecule has 1 amide bonds. The maximum absolute atomic E-state index is 11.8. The van der Waals surface area contributed by atoms with Gasteiger partial charge in [0.15, 0.2) is 0 Å². The second-order valence-corrected chi connectivity index (χ2v) is 5.67. The highest BCUT2D eigenvalue weighted by Crippen LogP contribution is 2.21. The van der Waals surface area contributed by atoms with Gasteiger partial charge in [-0.25, -0.2) is 0 Å². The van der Waals surface area contributed by atoms with Gasteiger partial charge < -0.3 is 21.3 Å². The van der Waals surface area contributed by atoms with E-state index in [9.17, 15) is 4.79 Å². The zero-order chi connectivity index (χ0) is 15.2. The monoisotopic (exact) mass is 290 g/mol. The Morgan fingerprint density at radius 3 is 2.90 bits per heavy atom. The van der Waals surface area contributed by atoms with Gasteiger partial charge in [-0.05, 0) is 51.6 Å². The first-order chi connectivity index (χ1) is 10.1. The number of nitrogens with zero attached hydrogens (tertiary/aromatic N) is 1.